The summed E-state index contributed by atoms with van der Waals surface area (Å²) in [6.45, 7) is 6.36. The van der Waals surface area contributed by atoms with Crippen LogP contribution in [0.25, 0.3) is 0 Å². The molecule has 1 aromatic heterocycles. The lowest BCUT2D eigenvalue weighted by Gasteiger charge is -2.25. The summed E-state index contributed by atoms with van der Waals surface area (Å²) >= 11 is 0.235. The van der Waals surface area contributed by atoms with Crippen LogP contribution in [-0.4, -0.2) is 63.8 Å². The number of amides is 2. The third kappa shape index (κ3) is 9.18. The zero-order valence-electron chi connectivity index (χ0n) is 23.3. The zero-order valence-corrected chi connectivity index (χ0v) is 24.1. The number of alkyl halides is 3. The third-order valence-corrected chi connectivity index (χ3v) is 7.08. The minimum Gasteiger partial charge on any atom is -0.389 e. The van der Waals surface area contributed by atoms with Gasteiger partial charge in [-0.2, -0.15) is 13.2 Å². The number of halogens is 5. The van der Waals surface area contributed by atoms with E-state index in [1.54, 1.807) is 24.0 Å². The van der Waals surface area contributed by atoms with Crippen LogP contribution in [-0.2, 0) is 12.6 Å². The van der Waals surface area contributed by atoms with E-state index >= 15 is 0 Å². The number of carbonyl (C=O) groups excluding carboxylic acids is 2. The highest BCUT2D eigenvalue weighted by atomic mass is 32.1. The van der Waals surface area contributed by atoms with E-state index in [-0.39, 0.29) is 46.5 Å². The Bertz CT molecular complexity index is 1360. The maximum Gasteiger partial charge on any atom is 0.445 e. The second kappa shape index (κ2) is 14.5. The second-order valence-corrected chi connectivity index (χ2v) is 10.8. The Morgan fingerprint density at radius 2 is 1.60 bits per heavy atom. The van der Waals surface area contributed by atoms with E-state index in [0.29, 0.717) is 30.3 Å². The molecule has 8 nitrogen and oxygen atoms in total. The van der Waals surface area contributed by atoms with E-state index in [4.69, 9.17) is 0 Å². The number of aromatic nitrogens is 2. The van der Waals surface area contributed by atoms with Crippen molar-refractivity contribution in [2.45, 2.75) is 58.4 Å². The van der Waals surface area contributed by atoms with Gasteiger partial charge in [0.15, 0.2) is 0 Å². The molecular formula is C28H32F5N5O3S. The first-order chi connectivity index (χ1) is 19.8. The van der Waals surface area contributed by atoms with Crippen LogP contribution < -0.4 is 10.6 Å². The Labute approximate surface area is 244 Å². The van der Waals surface area contributed by atoms with Crippen molar-refractivity contribution in [3.63, 3.8) is 0 Å². The molecule has 14 heteroatoms. The smallest absolute Gasteiger partial charge is 0.389 e. The molecule has 3 aromatic rings. The second-order valence-electron chi connectivity index (χ2n) is 9.80. The molecular weight excluding hydrogens is 581 g/mol. The molecule has 0 radical (unpaired) electrons. The molecule has 1 heterocycles. The summed E-state index contributed by atoms with van der Waals surface area (Å²) in [5, 5.41) is 21.2. The molecule has 3 rings (SSSR count). The Hall–Kier alpha value is -3.65. The highest BCUT2D eigenvalue weighted by Crippen LogP contribution is 2.33. The van der Waals surface area contributed by atoms with Gasteiger partial charge in [0.05, 0.1) is 12.1 Å². The van der Waals surface area contributed by atoms with Gasteiger partial charge in [-0.3, -0.25) is 9.59 Å². The van der Waals surface area contributed by atoms with Crippen LogP contribution in [0.4, 0.5) is 27.1 Å². The van der Waals surface area contributed by atoms with Crippen LogP contribution in [0.3, 0.4) is 0 Å². The maximum absolute atomic E-state index is 13.9. The fraction of sp³-hybridized carbons (Fsp3) is 0.429. The van der Waals surface area contributed by atoms with Gasteiger partial charge in [-0.15, -0.1) is 10.2 Å². The number of aliphatic hydroxyl groups excluding tert-OH is 1. The van der Waals surface area contributed by atoms with Crippen molar-refractivity contribution in [2.75, 3.05) is 25.0 Å². The molecule has 228 valence electrons. The third-order valence-electron chi connectivity index (χ3n) is 6.15. The van der Waals surface area contributed by atoms with Gasteiger partial charge >= 0.3 is 6.18 Å². The fourth-order valence-corrected chi connectivity index (χ4v) is 4.95. The van der Waals surface area contributed by atoms with Gasteiger partial charge in [-0.1, -0.05) is 25.2 Å². The van der Waals surface area contributed by atoms with Crippen molar-refractivity contribution in [2.24, 2.45) is 0 Å². The molecule has 2 atom stereocenters. The normalized spacial score (nSPS) is 13.0. The Kier molecular flexibility index (Phi) is 11.3. The van der Waals surface area contributed by atoms with E-state index < -0.39 is 40.9 Å². The fourth-order valence-electron chi connectivity index (χ4n) is 4.34. The average molecular weight is 614 g/mol. The molecule has 0 saturated carbocycles. The van der Waals surface area contributed by atoms with E-state index in [0.717, 1.165) is 25.0 Å². The van der Waals surface area contributed by atoms with Crippen LogP contribution in [0.15, 0.2) is 36.4 Å². The molecule has 0 fully saturated rings. The molecule has 0 unspecified atom stereocenters. The van der Waals surface area contributed by atoms with Gasteiger partial charge in [-0.05, 0) is 67.6 Å². The number of aliphatic hydroxyl groups is 1. The quantitative estimate of drug-likeness (QED) is 0.228. The predicted molar refractivity (Wildman–Crippen MR) is 148 cm³/mol. The summed E-state index contributed by atoms with van der Waals surface area (Å²) < 4.78 is 66.3. The zero-order chi connectivity index (χ0) is 31.0. The first-order valence-corrected chi connectivity index (χ1v) is 14.1. The first-order valence-electron chi connectivity index (χ1n) is 13.3. The van der Waals surface area contributed by atoms with Gasteiger partial charge in [0, 0.05) is 36.8 Å². The minimum absolute atomic E-state index is 0.126. The van der Waals surface area contributed by atoms with Crippen molar-refractivity contribution < 1.29 is 36.6 Å². The number of aryl methyl sites for hydroxylation is 1. The van der Waals surface area contributed by atoms with E-state index in [2.05, 4.69) is 20.8 Å². The minimum atomic E-state index is -4.69. The van der Waals surface area contributed by atoms with E-state index in [9.17, 15) is 36.6 Å². The predicted octanol–water partition coefficient (Wildman–Crippen LogP) is 5.22. The number of nitrogens with one attached hydrogen (secondary N) is 2. The highest BCUT2D eigenvalue weighted by Gasteiger charge is 2.36. The summed E-state index contributed by atoms with van der Waals surface area (Å²) in [6.07, 6.45) is -4.83. The summed E-state index contributed by atoms with van der Waals surface area (Å²) in [7, 11) is 0. The molecule has 0 aliphatic carbocycles. The first kappa shape index (κ1) is 32.9. The molecule has 0 aliphatic heterocycles. The van der Waals surface area contributed by atoms with Crippen molar-refractivity contribution in [1.29, 1.82) is 0 Å². The number of benzene rings is 2. The maximum atomic E-state index is 13.9. The lowest BCUT2D eigenvalue weighted by Crippen LogP contribution is -2.47. The standard InChI is InChI=1S/C28H32F5N5O3S/c1-4-6-38(7-5-2)25(41)19-9-16(3)8-18(13-19)24(40)35-22(12-17-10-20(29)14-21(30)11-17)23(39)15-34-27-37-36-26(42-27)28(31,32)33/h8-11,13-14,22-23,39H,4-7,12,15H2,1-3H3,(H,34,37)(H,35,40)/t22-,23+/m0/s1. The van der Waals surface area contributed by atoms with Gasteiger partial charge in [0.2, 0.25) is 10.1 Å². The Balaban J connectivity index is 1.84. The largest absolute Gasteiger partial charge is 0.445 e. The molecule has 0 spiro atoms. The number of anilines is 1. The van der Waals surface area contributed by atoms with Gasteiger partial charge in [0.1, 0.15) is 11.6 Å². The van der Waals surface area contributed by atoms with E-state index in [1.165, 1.54) is 6.07 Å². The van der Waals surface area contributed by atoms with Crippen LogP contribution >= 0.6 is 11.3 Å². The number of carbonyl (C=O) groups is 2. The average Bonchev–Trinajstić information content (AvgIpc) is 3.40. The van der Waals surface area contributed by atoms with Gasteiger partial charge in [0.25, 0.3) is 11.8 Å². The molecule has 0 aliphatic rings. The van der Waals surface area contributed by atoms with Crippen molar-refractivity contribution >= 4 is 28.3 Å². The lowest BCUT2D eigenvalue weighted by molar-refractivity contribution is -0.138. The Morgan fingerprint density at radius 3 is 2.17 bits per heavy atom. The van der Waals surface area contributed by atoms with Crippen molar-refractivity contribution in [1.82, 2.24) is 20.4 Å². The topological polar surface area (TPSA) is 107 Å². The summed E-state index contributed by atoms with van der Waals surface area (Å²) in [6, 6.07) is 6.28. The number of rotatable bonds is 13. The van der Waals surface area contributed by atoms with Crippen molar-refractivity contribution in [3.05, 3.63) is 75.3 Å². The van der Waals surface area contributed by atoms with Gasteiger partial charge in [-0.25, -0.2) is 8.78 Å². The summed E-state index contributed by atoms with van der Waals surface area (Å²) in [5.41, 5.74) is 1.20. The van der Waals surface area contributed by atoms with Crippen LogP contribution in [0.5, 0.6) is 0 Å². The van der Waals surface area contributed by atoms with Crippen molar-refractivity contribution in [3.8, 4) is 0 Å². The Morgan fingerprint density at radius 1 is 0.976 bits per heavy atom. The molecule has 2 aromatic carbocycles. The molecule has 0 bridgehead atoms. The monoisotopic (exact) mass is 613 g/mol. The van der Waals surface area contributed by atoms with E-state index in [1.807, 2.05) is 13.8 Å². The van der Waals surface area contributed by atoms with Gasteiger partial charge < -0.3 is 20.6 Å². The van der Waals surface area contributed by atoms with Crippen LogP contribution in [0.1, 0.15) is 63.5 Å². The van der Waals surface area contributed by atoms with Crippen LogP contribution in [0.2, 0.25) is 0 Å². The number of hydrogen-bond donors (Lipinski definition) is 3. The lowest BCUT2D eigenvalue weighted by atomic mass is 9.99. The molecule has 42 heavy (non-hydrogen) atoms. The summed E-state index contributed by atoms with van der Waals surface area (Å²) in [4.78, 5) is 28.2. The number of nitrogens with zero attached hydrogens (tertiary/aromatic N) is 3. The molecule has 0 saturated heterocycles. The molecule has 3 N–H and O–H groups in total. The SMILES string of the molecule is CCCN(CCC)C(=O)c1cc(C)cc(C(=O)N[C@@H](Cc2cc(F)cc(F)c2)[C@H](O)CNc2nnc(C(F)(F)F)s2)c1. The number of hydrogen-bond acceptors (Lipinski definition) is 7. The summed E-state index contributed by atoms with van der Waals surface area (Å²) in [5.74, 6) is -2.62. The molecule has 2 amide bonds. The van der Waals surface area contributed by atoms with Crippen LogP contribution in [0, 0.1) is 18.6 Å². The highest BCUT2D eigenvalue weighted by molar-refractivity contribution is 7.15.